The third-order valence-corrected chi connectivity index (χ3v) is 8.09. The van der Waals surface area contributed by atoms with Crippen LogP contribution in [0.15, 0.2) is 47.5 Å². The lowest BCUT2D eigenvalue weighted by Crippen LogP contribution is -2.55. The van der Waals surface area contributed by atoms with Crippen molar-refractivity contribution in [3.8, 4) is 0 Å². The van der Waals surface area contributed by atoms with E-state index in [1.807, 2.05) is 0 Å². The van der Waals surface area contributed by atoms with E-state index in [0.717, 1.165) is 11.0 Å². The second-order valence-corrected chi connectivity index (χ2v) is 12.7. The van der Waals surface area contributed by atoms with Gasteiger partial charge in [-0.15, -0.1) is 0 Å². The summed E-state index contributed by atoms with van der Waals surface area (Å²) in [6.45, 7) is 4.79. The lowest BCUT2D eigenvalue weighted by Gasteiger charge is -2.38. The van der Waals surface area contributed by atoms with Gasteiger partial charge in [-0.25, -0.2) is 9.18 Å². The molecule has 0 radical (unpaired) electrons. The number of imide groups is 1. The molecule has 2 aliphatic rings. The number of piperidine rings is 1. The Kier molecular flexibility index (Phi) is 8.25. The summed E-state index contributed by atoms with van der Waals surface area (Å²) in [5.41, 5.74) is -0.474. The van der Waals surface area contributed by atoms with Crippen molar-refractivity contribution in [1.29, 1.82) is 0 Å². The van der Waals surface area contributed by atoms with Crippen molar-refractivity contribution in [2.24, 2.45) is 0 Å². The summed E-state index contributed by atoms with van der Waals surface area (Å²) < 4.78 is 62.6. The van der Waals surface area contributed by atoms with Crippen LogP contribution < -0.4 is 0 Å². The molecule has 3 amide bonds. The van der Waals surface area contributed by atoms with E-state index in [9.17, 15) is 27.6 Å². The minimum atomic E-state index is -4.59. The average Bonchev–Trinajstić information content (AvgIpc) is 3.42. The molecular formula is C29H27ClF4N4O4S. The normalized spacial score (nSPS) is 20.9. The Morgan fingerprint density at radius 3 is 2.58 bits per heavy atom. The number of rotatable bonds is 4. The first-order valence-corrected chi connectivity index (χ1v) is 14.5. The number of thioether (sulfide) groups is 1. The van der Waals surface area contributed by atoms with Crippen molar-refractivity contribution in [2.75, 3.05) is 13.1 Å². The zero-order valence-corrected chi connectivity index (χ0v) is 24.9. The minimum Gasteiger partial charge on any atom is -0.444 e. The van der Waals surface area contributed by atoms with Gasteiger partial charge in [-0.05, 0) is 80.4 Å². The van der Waals surface area contributed by atoms with Crippen LogP contribution in [0.1, 0.15) is 43.9 Å². The summed E-state index contributed by atoms with van der Waals surface area (Å²) in [5, 5.41) is 4.21. The number of ether oxygens (including phenoxy) is 1. The molecular weight excluding hydrogens is 612 g/mol. The van der Waals surface area contributed by atoms with Crippen molar-refractivity contribution in [3.63, 3.8) is 0 Å². The van der Waals surface area contributed by atoms with E-state index < -0.39 is 46.8 Å². The number of nitrogens with zero attached hydrogens (tertiary/aromatic N) is 4. The first kappa shape index (κ1) is 30.9. The molecule has 2 atom stereocenters. The van der Waals surface area contributed by atoms with Crippen LogP contribution in [0, 0.1) is 0 Å². The maximum Gasteiger partial charge on any atom is 0.416 e. The van der Waals surface area contributed by atoms with Crippen molar-refractivity contribution < 1.29 is 36.7 Å². The molecule has 3 aromatic rings. The zero-order valence-electron chi connectivity index (χ0n) is 23.3. The molecule has 0 spiro atoms. The van der Waals surface area contributed by atoms with Crippen molar-refractivity contribution in [3.05, 3.63) is 69.2 Å². The summed E-state index contributed by atoms with van der Waals surface area (Å²) in [4.78, 5) is 40.6. The molecule has 43 heavy (non-hydrogen) atoms. The van der Waals surface area contributed by atoms with Gasteiger partial charge in [0.25, 0.3) is 11.1 Å². The molecule has 0 saturated carbocycles. The third kappa shape index (κ3) is 6.67. The van der Waals surface area contributed by atoms with E-state index in [2.05, 4.69) is 5.10 Å². The van der Waals surface area contributed by atoms with Crippen LogP contribution in [0.3, 0.4) is 0 Å². The molecule has 0 aliphatic carbocycles. The van der Waals surface area contributed by atoms with Crippen molar-refractivity contribution >= 4 is 57.6 Å². The van der Waals surface area contributed by atoms with Gasteiger partial charge in [-0.2, -0.15) is 18.3 Å². The smallest absolute Gasteiger partial charge is 0.416 e. The largest absolute Gasteiger partial charge is 0.444 e. The Labute approximate surface area is 253 Å². The Morgan fingerprint density at radius 2 is 1.91 bits per heavy atom. The van der Waals surface area contributed by atoms with E-state index in [-0.39, 0.29) is 41.5 Å². The number of aromatic nitrogens is 2. The minimum absolute atomic E-state index is 0.00254. The molecule has 14 heteroatoms. The fraction of sp³-hybridized carbons (Fsp3) is 0.379. The number of likely N-dealkylation sites (tertiary alicyclic amines) is 1. The summed E-state index contributed by atoms with van der Waals surface area (Å²) in [7, 11) is 0. The molecule has 2 aliphatic heterocycles. The van der Waals surface area contributed by atoms with E-state index in [4.69, 9.17) is 16.3 Å². The Balaban J connectivity index is 1.31. The molecule has 5 rings (SSSR count). The number of hydrogen-bond acceptors (Lipinski definition) is 6. The van der Waals surface area contributed by atoms with Crippen LogP contribution in [-0.4, -0.2) is 67.7 Å². The molecule has 2 fully saturated rings. The molecule has 0 N–H and O–H groups in total. The summed E-state index contributed by atoms with van der Waals surface area (Å²) in [6, 6.07) is 7.56. The first-order chi connectivity index (χ1) is 20.1. The van der Waals surface area contributed by atoms with Crippen molar-refractivity contribution in [1.82, 2.24) is 19.6 Å². The monoisotopic (exact) mass is 638 g/mol. The molecule has 0 unspecified atom stereocenters. The van der Waals surface area contributed by atoms with E-state index in [1.54, 1.807) is 39.0 Å². The SMILES string of the molecule is CC(C)(C)OC(=O)N1CC[C@H](N2C(=O)SC(=Cc3ccc4c(cnn4Cc4ccc(Cl)cc4C(F)(F)F)c3)C2=O)[C@@H](F)C1. The maximum atomic E-state index is 15.2. The molecule has 3 heterocycles. The van der Waals surface area contributed by atoms with Gasteiger partial charge in [0.1, 0.15) is 11.8 Å². The summed E-state index contributed by atoms with van der Waals surface area (Å²) in [5.74, 6) is -0.633. The van der Waals surface area contributed by atoms with Crippen LogP contribution >= 0.6 is 23.4 Å². The number of carbonyl (C=O) groups excluding carboxylic acids is 3. The van der Waals surface area contributed by atoms with Gasteiger partial charge in [-0.1, -0.05) is 23.7 Å². The number of benzene rings is 2. The molecule has 0 bridgehead atoms. The number of amides is 3. The van der Waals surface area contributed by atoms with E-state index >= 15 is 4.39 Å². The van der Waals surface area contributed by atoms with Crippen LogP contribution in [0.5, 0.6) is 0 Å². The van der Waals surface area contributed by atoms with Crippen molar-refractivity contribution in [2.45, 2.75) is 57.7 Å². The topological polar surface area (TPSA) is 84.7 Å². The number of hydrogen-bond donors (Lipinski definition) is 0. The highest BCUT2D eigenvalue weighted by atomic mass is 35.5. The van der Waals surface area contributed by atoms with Crippen LogP contribution in [0.25, 0.3) is 17.0 Å². The van der Waals surface area contributed by atoms with Gasteiger partial charge in [0, 0.05) is 17.0 Å². The first-order valence-electron chi connectivity index (χ1n) is 13.3. The second-order valence-electron chi connectivity index (χ2n) is 11.3. The summed E-state index contributed by atoms with van der Waals surface area (Å²) in [6.07, 6.45) is -3.82. The van der Waals surface area contributed by atoms with Gasteiger partial charge in [-0.3, -0.25) is 19.2 Å². The maximum absolute atomic E-state index is 15.2. The highest BCUT2D eigenvalue weighted by molar-refractivity contribution is 8.18. The van der Waals surface area contributed by atoms with Gasteiger partial charge >= 0.3 is 12.3 Å². The standard InChI is InChI=1S/C29H27ClF4N4O4S/c1-28(2,3)42-26(40)36-9-8-23(21(31)15-36)38-25(39)24(43-27(38)41)11-16-4-7-22-18(10-16)13-35-37(22)14-17-5-6-19(30)12-20(17)29(32,33)34/h4-7,10-13,21,23H,8-9,14-15H2,1-3H3/t21-,23-/m0/s1. The fourth-order valence-corrected chi connectivity index (χ4v) is 6.08. The van der Waals surface area contributed by atoms with E-state index in [0.29, 0.717) is 28.2 Å². The number of alkyl halides is 4. The highest BCUT2D eigenvalue weighted by Gasteiger charge is 2.46. The Hall–Kier alpha value is -3.58. The average molecular weight is 639 g/mol. The van der Waals surface area contributed by atoms with Crippen LogP contribution in [-0.2, 0) is 22.3 Å². The van der Waals surface area contributed by atoms with Crippen LogP contribution in [0.2, 0.25) is 5.02 Å². The molecule has 228 valence electrons. The second kappa shape index (κ2) is 11.5. The quantitative estimate of drug-likeness (QED) is 0.223. The van der Waals surface area contributed by atoms with Gasteiger partial charge < -0.3 is 9.64 Å². The fourth-order valence-electron chi connectivity index (χ4n) is 5.03. The lowest BCUT2D eigenvalue weighted by molar-refractivity contribution is -0.138. The number of carbonyl (C=O) groups is 3. The van der Waals surface area contributed by atoms with Gasteiger partial charge in [0.15, 0.2) is 0 Å². The molecule has 2 saturated heterocycles. The zero-order chi connectivity index (χ0) is 31.3. The van der Waals surface area contributed by atoms with Gasteiger partial charge in [0.05, 0.1) is 41.3 Å². The predicted octanol–water partition coefficient (Wildman–Crippen LogP) is 7.14. The van der Waals surface area contributed by atoms with E-state index in [1.165, 1.54) is 34.0 Å². The molecule has 1 aromatic heterocycles. The van der Waals surface area contributed by atoms with Gasteiger partial charge in [0.2, 0.25) is 0 Å². The highest BCUT2D eigenvalue weighted by Crippen LogP contribution is 2.37. The number of fused-ring (bicyclic) bond motifs is 1. The molecule has 8 nitrogen and oxygen atoms in total. The Morgan fingerprint density at radius 1 is 1.16 bits per heavy atom. The Bertz CT molecular complexity index is 1630. The predicted molar refractivity (Wildman–Crippen MR) is 154 cm³/mol. The number of halogens is 5. The lowest BCUT2D eigenvalue weighted by atomic mass is 10.0. The third-order valence-electron chi connectivity index (χ3n) is 6.98. The van der Waals surface area contributed by atoms with Crippen LogP contribution in [0.4, 0.5) is 27.2 Å². The summed E-state index contributed by atoms with van der Waals surface area (Å²) >= 11 is 6.48. The molecule has 2 aromatic carbocycles.